The molecule has 2 amide bonds. The molecular formula is C20H27F3N4O2S. The first-order valence-electron chi connectivity index (χ1n) is 9.84. The van der Waals surface area contributed by atoms with Crippen molar-refractivity contribution in [3.63, 3.8) is 0 Å². The van der Waals surface area contributed by atoms with Gasteiger partial charge in [-0.25, -0.2) is 4.98 Å². The standard InChI is InChI=1S/C20H27F3N4O2S/c1-5-9-27-16-10-14(20(21,22)23)7-8-15(16)25-19(27)30-12-18(29)26(6-2)11-17(28)24-13(3)4/h7-8,10,13H,5-6,9,11-12H2,1-4H3,(H,24,28). The van der Waals surface area contributed by atoms with E-state index in [4.69, 9.17) is 0 Å². The van der Waals surface area contributed by atoms with Gasteiger partial charge in [0.05, 0.1) is 28.9 Å². The van der Waals surface area contributed by atoms with Crippen LogP contribution in [-0.2, 0) is 22.3 Å². The number of benzene rings is 1. The van der Waals surface area contributed by atoms with Gasteiger partial charge in [-0.3, -0.25) is 9.59 Å². The van der Waals surface area contributed by atoms with Crippen molar-refractivity contribution in [1.82, 2.24) is 19.8 Å². The molecule has 1 aromatic heterocycles. The van der Waals surface area contributed by atoms with Crippen LogP contribution in [-0.4, -0.2) is 51.1 Å². The molecular weight excluding hydrogens is 417 g/mol. The largest absolute Gasteiger partial charge is 0.416 e. The van der Waals surface area contributed by atoms with Crippen molar-refractivity contribution in [2.75, 3.05) is 18.8 Å². The van der Waals surface area contributed by atoms with Gasteiger partial charge < -0.3 is 14.8 Å². The number of carbonyl (C=O) groups is 2. The van der Waals surface area contributed by atoms with Crippen molar-refractivity contribution in [3.8, 4) is 0 Å². The second-order valence-corrected chi connectivity index (χ2v) is 8.11. The number of nitrogens with one attached hydrogen (secondary N) is 1. The summed E-state index contributed by atoms with van der Waals surface area (Å²) >= 11 is 1.17. The van der Waals surface area contributed by atoms with Gasteiger partial charge in [-0.1, -0.05) is 18.7 Å². The zero-order valence-electron chi connectivity index (χ0n) is 17.5. The number of rotatable bonds is 9. The molecule has 0 bridgehead atoms. The summed E-state index contributed by atoms with van der Waals surface area (Å²) in [5.41, 5.74) is 0.119. The number of hydrogen-bond donors (Lipinski definition) is 1. The molecule has 1 aromatic carbocycles. The van der Waals surface area contributed by atoms with Crippen molar-refractivity contribution in [2.24, 2.45) is 0 Å². The number of aromatic nitrogens is 2. The molecule has 0 spiro atoms. The van der Waals surface area contributed by atoms with E-state index in [1.54, 1.807) is 11.5 Å². The van der Waals surface area contributed by atoms with Crippen LogP contribution < -0.4 is 5.32 Å². The number of carbonyl (C=O) groups excluding carboxylic acids is 2. The number of likely N-dealkylation sites (N-methyl/N-ethyl adjacent to an activating group) is 1. The minimum Gasteiger partial charge on any atom is -0.352 e. The maximum Gasteiger partial charge on any atom is 0.416 e. The van der Waals surface area contributed by atoms with Gasteiger partial charge in [-0.15, -0.1) is 0 Å². The summed E-state index contributed by atoms with van der Waals surface area (Å²) in [5, 5.41) is 3.24. The van der Waals surface area contributed by atoms with E-state index in [-0.39, 0.29) is 30.2 Å². The molecule has 0 aliphatic rings. The van der Waals surface area contributed by atoms with Crippen LogP contribution >= 0.6 is 11.8 Å². The van der Waals surface area contributed by atoms with Crippen LogP contribution in [0.5, 0.6) is 0 Å². The molecule has 30 heavy (non-hydrogen) atoms. The Bertz CT molecular complexity index is 896. The smallest absolute Gasteiger partial charge is 0.352 e. The van der Waals surface area contributed by atoms with Crippen LogP contribution in [0.2, 0.25) is 0 Å². The van der Waals surface area contributed by atoms with Gasteiger partial charge in [0, 0.05) is 19.1 Å². The van der Waals surface area contributed by atoms with E-state index in [0.29, 0.717) is 35.7 Å². The van der Waals surface area contributed by atoms with Crippen LogP contribution in [0.1, 0.15) is 39.7 Å². The number of nitrogens with zero attached hydrogens (tertiary/aromatic N) is 3. The van der Waals surface area contributed by atoms with Crippen molar-refractivity contribution in [2.45, 2.75) is 58.0 Å². The second-order valence-electron chi connectivity index (χ2n) is 7.17. The number of amides is 2. The number of fused-ring (bicyclic) bond motifs is 1. The Kier molecular flexibility index (Phi) is 8.17. The number of hydrogen-bond acceptors (Lipinski definition) is 4. The first-order chi connectivity index (χ1) is 14.1. The molecule has 166 valence electrons. The predicted octanol–water partition coefficient (Wildman–Crippen LogP) is 3.93. The average molecular weight is 445 g/mol. The second kappa shape index (κ2) is 10.2. The summed E-state index contributed by atoms with van der Waals surface area (Å²) in [6.07, 6.45) is -3.73. The lowest BCUT2D eigenvalue weighted by atomic mass is 10.2. The molecule has 0 radical (unpaired) electrons. The summed E-state index contributed by atoms with van der Waals surface area (Å²) in [7, 11) is 0. The Hall–Kier alpha value is -2.23. The molecule has 2 rings (SSSR count). The highest BCUT2D eigenvalue weighted by atomic mass is 32.2. The first kappa shape index (κ1) is 24.0. The van der Waals surface area contributed by atoms with E-state index in [1.807, 2.05) is 20.8 Å². The van der Waals surface area contributed by atoms with Crippen LogP contribution in [0.4, 0.5) is 13.2 Å². The van der Waals surface area contributed by atoms with Gasteiger partial charge in [0.1, 0.15) is 0 Å². The minimum atomic E-state index is -4.43. The molecule has 10 heteroatoms. The Balaban J connectivity index is 2.18. The van der Waals surface area contributed by atoms with Crippen molar-refractivity contribution < 1.29 is 22.8 Å². The number of alkyl halides is 3. The quantitative estimate of drug-likeness (QED) is 0.595. The van der Waals surface area contributed by atoms with Gasteiger partial charge in [0.2, 0.25) is 11.8 Å². The van der Waals surface area contributed by atoms with Crippen molar-refractivity contribution in [3.05, 3.63) is 23.8 Å². The lowest BCUT2D eigenvalue weighted by Crippen LogP contribution is -2.43. The average Bonchev–Trinajstić information content (AvgIpc) is 3.00. The Morgan fingerprint density at radius 3 is 2.53 bits per heavy atom. The van der Waals surface area contributed by atoms with E-state index < -0.39 is 11.7 Å². The van der Waals surface area contributed by atoms with Gasteiger partial charge >= 0.3 is 6.18 Å². The lowest BCUT2D eigenvalue weighted by molar-refractivity contribution is -0.137. The number of halogens is 3. The lowest BCUT2D eigenvalue weighted by Gasteiger charge is -2.21. The Labute approximate surface area is 178 Å². The zero-order chi connectivity index (χ0) is 22.5. The summed E-state index contributed by atoms with van der Waals surface area (Å²) < 4.78 is 41.0. The van der Waals surface area contributed by atoms with Gasteiger partial charge in [-0.05, 0) is 45.4 Å². The Morgan fingerprint density at radius 1 is 1.27 bits per heavy atom. The maximum absolute atomic E-state index is 13.1. The van der Waals surface area contributed by atoms with E-state index in [9.17, 15) is 22.8 Å². The zero-order valence-corrected chi connectivity index (χ0v) is 18.4. The van der Waals surface area contributed by atoms with Crippen LogP contribution in [0.3, 0.4) is 0 Å². The molecule has 0 aliphatic carbocycles. The fraction of sp³-hybridized carbons (Fsp3) is 0.550. The number of aryl methyl sites for hydroxylation is 1. The highest BCUT2D eigenvalue weighted by Gasteiger charge is 2.31. The molecule has 0 atom stereocenters. The third kappa shape index (κ3) is 6.13. The molecule has 6 nitrogen and oxygen atoms in total. The van der Waals surface area contributed by atoms with E-state index >= 15 is 0 Å². The minimum absolute atomic E-state index is 0.0174. The number of imidazole rings is 1. The Morgan fingerprint density at radius 2 is 1.97 bits per heavy atom. The molecule has 0 saturated carbocycles. The van der Waals surface area contributed by atoms with Crippen LogP contribution in [0, 0.1) is 0 Å². The molecule has 1 N–H and O–H groups in total. The van der Waals surface area contributed by atoms with Crippen LogP contribution in [0.15, 0.2) is 23.4 Å². The molecule has 0 saturated heterocycles. The first-order valence-corrected chi connectivity index (χ1v) is 10.8. The SMILES string of the molecule is CCCn1c(SCC(=O)N(CC)CC(=O)NC(C)C)nc2ccc(C(F)(F)F)cc21. The normalized spacial score (nSPS) is 11.9. The number of thioether (sulfide) groups is 1. The molecule has 0 unspecified atom stereocenters. The fourth-order valence-electron chi connectivity index (χ4n) is 2.96. The highest BCUT2D eigenvalue weighted by molar-refractivity contribution is 7.99. The molecule has 0 aliphatic heterocycles. The fourth-order valence-corrected chi connectivity index (χ4v) is 3.91. The predicted molar refractivity (Wildman–Crippen MR) is 111 cm³/mol. The van der Waals surface area contributed by atoms with Crippen molar-refractivity contribution >= 4 is 34.6 Å². The van der Waals surface area contributed by atoms with Crippen LogP contribution in [0.25, 0.3) is 11.0 Å². The van der Waals surface area contributed by atoms with E-state index in [2.05, 4.69) is 10.3 Å². The molecule has 1 heterocycles. The van der Waals surface area contributed by atoms with E-state index in [0.717, 1.165) is 12.1 Å². The monoisotopic (exact) mass is 444 g/mol. The van der Waals surface area contributed by atoms with E-state index in [1.165, 1.54) is 22.7 Å². The summed E-state index contributed by atoms with van der Waals surface area (Å²) in [6.45, 7) is 8.23. The van der Waals surface area contributed by atoms with Gasteiger partial charge in [0.25, 0.3) is 0 Å². The van der Waals surface area contributed by atoms with Gasteiger partial charge in [0.15, 0.2) is 5.16 Å². The molecule has 0 fully saturated rings. The molecule has 2 aromatic rings. The maximum atomic E-state index is 13.1. The van der Waals surface area contributed by atoms with Crippen molar-refractivity contribution in [1.29, 1.82) is 0 Å². The third-order valence-corrected chi connectivity index (χ3v) is 5.29. The third-order valence-electron chi connectivity index (χ3n) is 4.33. The van der Waals surface area contributed by atoms with Gasteiger partial charge in [-0.2, -0.15) is 13.2 Å². The highest BCUT2D eigenvalue weighted by Crippen LogP contribution is 2.33. The summed E-state index contributed by atoms with van der Waals surface area (Å²) in [5.74, 6) is -0.419. The summed E-state index contributed by atoms with van der Waals surface area (Å²) in [4.78, 5) is 30.4. The summed E-state index contributed by atoms with van der Waals surface area (Å²) in [6, 6.07) is 3.44. The topological polar surface area (TPSA) is 67.2 Å².